The summed E-state index contributed by atoms with van der Waals surface area (Å²) in [6, 6.07) is 10.0. The lowest BCUT2D eigenvalue weighted by Gasteiger charge is -2.24. The Hall–Kier alpha value is -4.15. The molecule has 1 atom stereocenters. The van der Waals surface area contributed by atoms with Crippen LogP contribution in [-0.2, 0) is 16.5 Å². The number of hydrogen-bond donors (Lipinski definition) is 3. The molecule has 4 amide bonds. The highest BCUT2D eigenvalue weighted by molar-refractivity contribution is 6.08. The van der Waals surface area contributed by atoms with E-state index in [0.717, 1.165) is 12.1 Å². The minimum absolute atomic E-state index is 0.0715. The van der Waals surface area contributed by atoms with Crippen molar-refractivity contribution in [1.82, 2.24) is 21.1 Å². The Bertz CT molecular complexity index is 1240. The van der Waals surface area contributed by atoms with Gasteiger partial charge >= 0.3 is 12.2 Å². The van der Waals surface area contributed by atoms with Crippen molar-refractivity contribution < 1.29 is 32.1 Å². The first-order valence-electron chi connectivity index (χ1n) is 9.72. The molecule has 33 heavy (non-hydrogen) atoms. The van der Waals surface area contributed by atoms with E-state index in [1.54, 1.807) is 25.1 Å². The number of hydrogen-bond acceptors (Lipinski definition) is 5. The number of aryl methyl sites for hydroxylation is 1. The van der Waals surface area contributed by atoms with Gasteiger partial charge in [0.15, 0.2) is 11.3 Å². The highest BCUT2D eigenvalue weighted by Crippen LogP contribution is 2.32. The van der Waals surface area contributed by atoms with Gasteiger partial charge in [-0.25, -0.2) is 4.79 Å². The summed E-state index contributed by atoms with van der Waals surface area (Å²) in [4.78, 5) is 37.4. The molecule has 8 nitrogen and oxygen atoms in total. The zero-order valence-corrected chi connectivity index (χ0v) is 17.1. The van der Waals surface area contributed by atoms with Gasteiger partial charge in [-0.3, -0.25) is 14.9 Å². The van der Waals surface area contributed by atoms with E-state index in [-0.39, 0.29) is 17.9 Å². The number of carbonyl (C=O) groups is 3. The first-order valence-corrected chi connectivity index (χ1v) is 9.72. The summed E-state index contributed by atoms with van der Waals surface area (Å²) < 4.78 is 43.8. The molecular formula is C22H17F3N4O4. The average Bonchev–Trinajstić information content (AvgIpc) is 3.34. The largest absolute Gasteiger partial charge is 0.416 e. The second-order valence-electron chi connectivity index (χ2n) is 7.45. The zero-order valence-electron chi connectivity index (χ0n) is 17.1. The number of alkyl halides is 3. The molecule has 0 bridgehead atoms. The van der Waals surface area contributed by atoms with Crippen LogP contribution in [0.4, 0.5) is 18.0 Å². The minimum Gasteiger partial charge on any atom is -0.358 e. The van der Waals surface area contributed by atoms with Gasteiger partial charge in [0.05, 0.1) is 18.3 Å². The van der Waals surface area contributed by atoms with Gasteiger partial charge < -0.3 is 15.2 Å². The number of nitrogens with zero attached hydrogens (tertiary/aromatic N) is 1. The number of nitrogens with one attached hydrogen (secondary N) is 3. The molecule has 1 saturated heterocycles. The number of aromatic nitrogens is 1. The van der Waals surface area contributed by atoms with Crippen LogP contribution in [0.1, 0.15) is 27.2 Å². The molecule has 170 valence electrons. The Morgan fingerprint density at radius 3 is 2.39 bits per heavy atom. The maximum Gasteiger partial charge on any atom is 0.416 e. The highest BCUT2D eigenvalue weighted by Gasteiger charge is 2.51. The third-order valence-electron chi connectivity index (χ3n) is 5.29. The quantitative estimate of drug-likeness (QED) is 0.509. The number of amides is 4. The standard InChI is InChI=1S/C22H17F3N4O4/c1-12-10-27-33-17(12)21(19(31)28-20(32)29-21)11-26-18(30)16-5-3-2-4-15(16)13-6-8-14(9-7-13)22(23,24)25/h2-10H,11H2,1H3,(H,26,30)(H2,28,29,31,32). The lowest BCUT2D eigenvalue weighted by Crippen LogP contribution is -2.52. The Labute approximate surface area is 185 Å². The molecule has 4 rings (SSSR count). The number of carbonyl (C=O) groups excluding carboxylic acids is 3. The Morgan fingerprint density at radius 1 is 1.12 bits per heavy atom. The number of rotatable bonds is 5. The number of halogens is 3. The van der Waals surface area contributed by atoms with Crippen molar-refractivity contribution in [3.05, 3.63) is 77.2 Å². The Morgan fingerprint density at radius 2 is 1.82 bits per heavy atom. The first-order chi connectivity index (χ1) is 15.6. The molecule has 11 heteroatoms. The molecule has 2 aromatic carbocycles. The summed E-state index contributed by atoms with van der Waals surface area (Å²) in [5.74, 6) is -1.25. The van der Waals surface area contributed by atoms with Crippen LogP contribution in [0.2, 0.25) is 0 Å². The molecule has 0 spiro atoms. The maximum absolute atomic E-state index is 13.0. The van der Waals surface area contributed by atoms with Gasteiger partial charge in [-0.1, -0.05) is 35.5 Å². The van der Waals surface area contributed by atoms with E-state index < -0.39 is 35.1 Å². The Kier molecular flexibility index (Phi) is 5.40. The molecule has 0 radical (unpaired) electrons. The molecule has 3 N–H and O–H groups in total. The predicted octanol–water partition coefficient (Wildman–Crippen LogP) is 3.13. The summed E-state index contributed by atoms with van der Waals surface area (Å²) in [5, 5.41) is 10.8. The normalized spacial score (nSPS) is 18.1. The smallest absolute Gasteiger partial charge is 0.358 e. The molecule has 2 heterocycles. The number of benzene rings is 2. The molecule has 1 aliphatic rings. The summed E-state index contributed by atoms with van der Waals surface area (Å²) in [6.07, 6.45) is -3.11. The minimum atomic E-state index is -4.48. The van der Waals surface area contributed by atoms with Crippen LogP contribution in [0.15, 0.2) is 59.3 Å². The van der Waals surface area contributed by atoms with Gasteiger partial charge in [-0.05, 0) is 36.2 Å². The van der Waals surface area contributed by atoms with E-state index >= 15 is 0 Å². The van der Waals surface area contributed by atoms with Crippen molar-refractivity contribution in [2.24, 2.45) is 0 Å². The van der Waals surface area contributed by atoms with Gasteiger partial charge in [0.1, 0.15) is 0 Å². The fourth-order valence-electron chi connectivity index (χ4n) is 3.64. The highest BCUT2D eigenvalue weighted by atomic mass is 19.4. The number of imide groups is 1. The second-order valence-corrected chi connectivity index (χ2v) is 7.45. The van der Waals surface area contributed by atoms with E-state index in [9.17, 15) is 27.6 Å². The fourth-order valence-corrected chi connectivity index (χ4v) is 3.64. The van der Waals surface area contributed by atoms with Crippen molar-refractivity contribution in [1.29, 1.82) is 0 Å². The molecule has 1 aromatic heterocycles. The molecule has 1 unspecified atom stereocenters. The van der Waals surface area contributed by atoms with Crippen LogP contribution in [0, 0.1) is 6.92 Å². The molecule has 1 fully saturated rings. The van der Waals surface area contributed by atoms with Crippen LogP contribution in [0.3, 0.4) is 0 Å². The van der Waals surface area contributed by atoms with Gasteiger partial charge in [-0.15, -0.1) is 0 Å². The monoisotopic (exact) mass is 458 g/mol. The third kappa shape index (κ3) is 4.04. The maximum atomic E-state index is 13.0. The summed E-state index contributed by atoms with van der Waals surface area (Å²) >= 11 is 0. The van der Waals surface area contributed by atoms with E-state index in [4.69, 9.17) is 4.52 Å². The lowest BCUT2D eigenvalue weighted by molar-refractivity contribution is -0.137. The predicted molar refractivity (Wildman–Crippen MR) is 109 cm³/mol. The first kappa shape index (κ1) is 22.1. The van der Waals surface area contributed by atoms with Crippen molar-refractivity contribution in [3.8, 4) is 11.1 Å². The topological polar surface area (TPSA) is 113 Å². The van der Waals surface area contributed by atoms with Crippen LogP contribution in [0.25, 0.3) is 11.1 Å². The fraction of sp³-hybridized carbons (Fsp3) is 0.182. The molecule has 1 aliphatic heterocycles. The van der Waals surface area contributed by atoms with Crippen LogP contribution in [-0.4, -0.2) is 29.5 Å². The van der Waals surface area contributed by atoms with Crippen LogP contribution >= 0.6 is 0 Å². The van der Waals surface area contributed by atoms with E-state index in [0.29, 0.717) is 16.7 Å². The third-order valence-corrected chi connectivity index (χ3v) is 5.29. The van der Waals surface area contributed by atoms with Gasteiger partial charge in [0, 0.05) is 11.1 Å². The van der Waals surface area contributed by atoms with Crippen molar-refractivity contribution in [3.63, 3.8) is 0 Å². The molecule has 0 aliphatic carbocycles. The van der Waals surface area contributed by atoms with Gasteiger partial charge in [0.25, 0.3) is 11.8 Å². The van der Waals surface area contributed by atoms with Crippen LogP contribution in [0.5, 0.6) is 0 Å². The van der Waals surface area contributed by atoms with Crippen LogP contribution < -0.4 is 16.0 Å². The summed E-state index contributed by atoms with van der Waals surface area (Å²) in [7, 11) is 0. The Balaban J connectivity index is 1.61. The van der Waals surface area contributed by atoms with Crippen molar-refractivity contribution in [2.45, 2.75) is 18.6 Å². The van der Waals surface area contributed by atoms with Gasteiger partial charge in [0.2, 0.25) is 0 Å². The van der Waals surface area contributed by atoms with E-state index in [1.165, 1.54) is 24.4 Å². The van der Waals surface area contributed by atoms with Gasteiger partial charge in [-0.2, -0.15) is 13.2 Å². The SMILES string of the molecule is Cc1cnoc1C1(CNC(=O)c2ccccc2-c2ccc(C(F)(F)F)cc2)NC(=O)NC1=O. The van der Waals surface area contributed by atoms with Crippen molar-refractivity contribution in [2.75, 3.05) is 6.54 Å². The van der Waals surface area contributed by atoms with Crippen molar-refractivity contribution >= 4 is 17.8 Å². The van der Waals surface area contributed by atoms with E-state index in [2.05, 4.69) is 21.1 Å². The number of urea groups is 1. The summed E-state index contributed by atoms with van der Waals surface area (Å²) in [5.41, 5.74) is -1.04. The molecular weight excluding hydrogens is 441 g/mol. The average molecular weight is 458 g/mol. The zero-order chi connectivity index (χ0) is 23.8. The second kappa shape index (κ2) is 8.08. The molecule has 3 aromatic rings. The summed E-state index contributed by atoms with van der Waals surface area (Å²) in [6.45, 7) is 1.29. The lowest BCUT2D eigenvalue weighted by atomic mass is 9.93. The molecule has 0 saturated carbocycles. The van der Waals surface area contributed by atoms with E-state index in [1.807, 2.05) is 0 Å².